The molecule has 160 valence electrons. The standard InChI is InChI=1S/C21H18FN3O5S/c22-16-3-1-14(2-4-16)13-24-20(26)19(31-21(24)27)12-15-11-17(25(28)29)5-6-18(15)23-7-9-30-10-8-23/h1-6,11-12H,7-10,13H2/b19-12+. The summed E-state index contributed by atoms with van der Waals surface area (Å²) in [7, 11) is 0. The first-order valence-corrected chi connectivity index (χ1v) is 10.3. The van der Waals surface area contributed by atoms with Gasteiger partial charge in [-0.2, -0.15) is 0 Å². The summed E-state index contributed by atoms with van der Waals surface area (Å²) in [5.74, 6) is -0.891. The number of ether oxygens (including phenoxy) is 1. The minimum absolute atomic E-state index is 0.0214. The molecule has 0 unspecified atom stereocenters. The SMILES string of the molecule is O=C1S/C(=C/c2cc([N+](=O)[O-])ccc2N2CCOCC2)C(=O)N1Cc1ccc(F)cc1. The largest absolute Gasteiger partial charge is 0.378 e. The Morgan fingerprint density at radius 3 is 2.52 bits per heavy atom. The van der Waals surface area contributed by atoms with E-state index >= 15 is 0 Å². The van der Waals surface area contributed by atoms with Crippen LogP contribution in [0.1, 0.15) is 11.1 Å². The molecule has 2 aliphatic rings. The van der Waals surface area contributed by atoms with Gasteiger partial charge < -0.3 is 9.64 Å². The number of morpholine rings is 1. The molecule has 0 aromatic heterocycles. The van der Waals surface area contributed by atoms with Crippen molar-refractivity contribution in [2.24, 2.45) is 0 Å². The number of amides is 2. The third-order valence-corrected chi connectivity index (χ3v) is 5.90. The number of benzene rings is 2. The zero-order chi connectivity index (χ0) is 22.0. The van der Waals surface area contributed by atoms with Crippen LogP contribution in [0.3, 0.4) is 0 Å². The lowest BCUT2D eigenvalue weighted by Gasteiger charge is -2.30. The summed E-state index contributed by atoms with van der Waals surface area (Å²) in [5, 5.41) is 10.8. The first-order valence-electron chi connectivity index (χ1n) is 9.53. The van der Waals surface area contributed by atoms with E-state index in [1.807, 2.05) is 4.90 Å². The van der Waals surface area contributed by atoms with Crippen LogP contribution in [0.5, 0.6) is 0 Å². The molecule has 2 saturated heterocycles. The highest BCUT2D eigenvalue weighted by molar-refractivity contribution is 8.18. The lowest BCUT2D eigenvalue weighted by molar-refractivity contribution is -0.384. The average molecular weight is 443 g/mol. The Morgan fingerprint density at radius 2 is 1.84 bits per heavy atom. The van der Waals surface area contributed by atoms with Crippen molar-refractivity contribution in [1.82, 2.24) is 4.90 Å². The van der Waals surface area contributed by atoms with Gasteiger partial charge in [0.15, 0.2) is 0 Å². The van der Waals surface area contributed by atoms with E-state index in [1.165, 1.54) is 42.5 Å². The van der Waals surface area contributed by atoms with Crippen molar-refractivity contribution >= 4 is 40.4 Å². The zero-order valence-corrected chi connectivity index (χ0v) is 17.1. The van der Waals surface area contributed by atoms with E-state index in [-0.39, 0.29) is 17.1 Å². The van der Waals surface area contributed by atoms with Gasteiger partial charge in [0, 0.05) is 36.5 Å². The number of hydrogen-bond acceptors (Lipinski definition) is 7. The maximum atomic E-state index is 13.1. The number of imide groups is 1. The molecule has 2 fully saturated rings. The van der Waals surface area contributed by atoms with E-state index in [0.717, 1.165) is 22.3 Å². The number of nitro benzene ring substituents is 1. The molecule has 0 bridgehead atoms. The molecule has 0 saturated carbocycles. The molecule has 2 aliphatic heterocycles. The van der Waals surface area contributed by atoms with E-state index in [4.69, 9.17) is 4.74 Å². The van der Waals surface area contributed by atoms with Gasteiger partial charge in [0.25, 0.3) is 16.8 Å². The fourth-order valence-electron chi connectivity index (χ4n) is 3.41. The molecule has 0 aliphatic carbocycles. The van der Waals surface area contributed by atoms with Gasteiger partial charge in [0.05, 0.1) is 29.6 Å². The highest BCUT2D eigenvalue weighted by Gasteiger charge is 2.35. The van der Waals surface area contributed by atoms with Gasteiger partial charge >= 0.3 is 0 Å². The molecule has 2 aromatic carbocycles. The third kappa shape index (κ3) is 4.59. The number of nitrogens with zero attached hydrogens (tertiary/aromatic N) is 3. The van der Waals surface area contributed by atoms with Gasteiger partial charge in [-0.1, -0.05) is 12.1 Å². The summed E-state index contributed by atoms with van der Waals surface area (Å²) in [5.41, 5.74) is 1.74. The lowest BCUT2D eigenvalue weighted by Crippen LogP contribution is -2.36. The van der Waals surface area contributed by atoms with Crippen LogP contribution in [0.15, 0.2) is 47.4 Å². The number of rotatable bonds is 5. The average Bonchev–Trinajstić information content (AvgIpc) is 3.03. The van der Waals surface area contributed by atoms with Gasteiger partial charge in [-0.15, -0.1) is 0 Å². The first kappa shape index (κ1) is 21.0. The Kier molecular flexibility index (Phi) is 6.01. The molecule has 31 heavy (non-hydrogen) atoms. The Balaban J connectivity index is 1.64. The van der Waals surface area contributed by atoms with Gasteiger partial charge in [0.2, 0.25) is 0 Å². The zero-order valence-electron chi connectivity index (χ0n) is 16.3. The van der Waals surface area contributed by atoms with Gasteiger partial charge in [-0.25, -0.2) is 4.39 Å². The number of halogens is 1. The van der Waals surface area contributed by atoms with Crippen molar-refractivity contribution in [1.29, 1.82) is 0 Å². The van der Waals surface area contributed by atoms with E-state index in [9.17, 15) is 24.1 Å². The van der Waals surface area contributed by atoms with Gasteiger partial charge in [-0.05, 0) is 41.6 Å². The number of carbonyl (C=O) groups excluding carboxylic acids is 2. The molecule has 0 spiro atoms. The van der Waals surface area contributed by atoms with E-state index < -0.39 is 21.9 Å². The molecule has 2 heterocycles. The summed E-state index contributed by atoms with van der Waals surface area (Å²) in [6.45, 7) is 2.32. The normalized spacial score (nSPS) is 18.2. The van der Waals surface area contributed by atoms with Crippen LogP contribution >= 0.6 is 11.8 Å². The van der Waals surface area contributed by atoms with Crippen molar-refractivity contribution < 1.29 is 23.6 Å². The van der Waals surface area contributed by atoms with Crippen LogP contribution < -0.4 is 4.90 Å². The Labute approximate surface area is 181 Å². The lowest BCUT2D eigenvalue weighted by atomic mass is 10.1. The van der Waals surface area contributed by atoms with Crippen molar-refractivity contribution in [2.45, 2.75) is 6.54 Å². The van der Waals surface area contributed by atoms with Crippen LogP contribution in [-0.2, 0) is 16.1 Å². The topological polar surface area (TPSA) is 93.0 Å². The minimum Gasteiger partial charge on any atom is -0.378 e. The summed E-state index contributed by atoms with van der Waals surface area (Å²) in [6.07, 6.45) is 1.52. The Bertz CT molecular complexity index is 1070. The highest BCUT2D eigenvalue weighted by atomic mass is 32.2. The fourth-order valence-corrected chi connectivity index (χ4v) is 4.24. The molecule has 10 heteroatoms. The summed E-state index contributed by atoms with van der Waals surface area (Å²) in [6, 6.07) is 10.0. The summed E-state index contributed by atoms with van der Waals surface area (Å²) < 4.78 is 18.5. The number of hydrogen-bond donors (Lipinski definition) is 0. The molecule has 2 aromatic rings. The monoisotopic (exact) mass is 443 g/mol. The van der Waals surface area contributed by atoms with Crippen LogP contribution in [0.25, 0.3) is 6.08 Å². The van der Waals surface area contributed by atoms with Crippen LogP contribution in [0.2, 0.25) is 0 Å². The predicted octanol–water partition coefficient (Wildman–Crippen LogP) is 3.81. The number of thioether (sulfide) groups is 1. The second-order valence-corrected chi connectivity index (χ2v) is 7.99. The van der Waals surface area contributed by atoms with E-state index in [0.29, 0.717) is 37.4 Å². The maximum absolute atomic E-state index is 13.1. The Morgan fingerprint density at radius 1 is 1.13 bits per heavy atom. The Hall–Kier alpha value is -3.24. The van der Waals surface area contributed by atoms with Crippen LogP contribution in [0.4, 0.5) is 20.6 Å². The molecular formula is C21H18FN3O5S. The van der Waals surface area contributed by atoms with Crippen LogP contribution in [0, 0.1) is 15.9 Å². The molecule has 8 nitrogen and oxygen atoms in total. The highest BCUT2D eigenvalue weighted by Crippen LogP contribution is 2.36. The minimum atomic E-state index is -0.499. The molecule has 0 atom stereocenters. The molecule has 0 N–H and O–H groups in total. The quantitative estimate of drug-likeness (QED) is 0.394. The second kappa shape index (κ2) is 8.86. The smallest absolute Gasteiger partial charge is 0.293 e. The van der Waals surface area contributed by atoms with Crippen molar-refractivity contribution in [3.05, 3.63) is 74.4 Å². The summed E-state index contributed by atoms with van der Waals surface area (Å²) in [4.78, 5) is 39.4. The van der Waals surface area contributed by atoms with Crippen molar-refractivity contribution in [2.75, 3.05) is 31.2 Å². The molecule has 4 rings (SSSR count). The first-order chi connectivity index (χ1) is 14.9. The molecule has 0 radical (unpaired) electrons. The van der Waals surface area contributed by atoms with Crippen molar-refractivity contribution in [3.8, 4) is 0 Å². The van der Waals surface area contributed by atoms with Crippen LogP contribution in [-0.4, -0.2) is 47.3 Å². The third-order valence-electron chi connectivity index (χ3n) is 4.99. The molecule has 2 amide bonds. The van der Waals surface area contributed by atoms with E-state index in [1.54, 1.807) is 6.07 Å². The number of anilines is 1. The van der Waals surface area contributed by atoms with E-state index in [2.05, 4.69) is 0 Å². The maximum Gasteiger partial charge on any atom is 0.293 e. The van der Waals surface area contributed by atoms with Gasteiger partial charge in [0.1, 0.15) is 5.82 Å². The van der Waals surface area contributed by atoms with Crippen molar-refractivity contribution in [3.63, 3.8) is 0 Å². The predicted molar refractivity (Wildman–Crippen MR) is 114 cm³/mol. The van der Waals surface area contributed by atoms with Gasteiger partial charge in [-0.3, -0.25) is 24.6 Å². The number of nitro groups is 1. The number of carbonyl (C=O) groups is 2. The summed E-state index contributed by atoms with van der Waals surface area (Å²) >= 11 is 0.780. The number of non-ortho nitro benzene ring substituents is 1. The second-order valence-electron chi connectivity index (χ2n) is 6.99. The fraction of sp³-hybridized carbons (Fsp3) is 0.238. The molecular weight excluding hydrogens is 425 g/mol.